The highest BCUT2D eigenvalue weighted by molar-refractivity contribution is 5.66. The molecule has 0 aromatic heterocycles. The number of hydrogen-bond acceptors (Lipinski definition) is 5. The number of amides is 1. The van der Waals surface area contributed by atoms with Crippen molar-refractivity contribution in [3.8, 4) is 0 Å². The van der Waals surface area contributed by atoms with Gasteiger partial charge in [-0.25, -0.2) is 4.79 Å². The number of ether oxygens (including phenoxy) is 4. The summed E-state index contributed by atoms with van der Waals surface area (Å²) in [6.07, 6.45) is 3.64. The summed E-state index contributed by atoms with van der Waals surface area (Å²) in [7, 11) is 3.17. The summed E-state index contributed by atoms with van der Waals surface area (Å²) in [4.78, 5) is 11.3. The highest BCUT2D eigenvalue weighted by Crippen LogP contribution is 2.59. The van der Waals surface area contributed by atoms with E-state index < -0.39 is 12.4 Å². The van der Waals surface area contributed by atoms with Crippen LogP contribution in [-0.4, -0.2) is 44.9 Å². The summed E-state index contributed by atoms with van der Waals surface area (Å²) in [5.41, 5.74) is -0.344. The highest BCUT2D eigenvalue weighted by atomic mass is 16.7. The quantitative estimate of drug-likeness (QED) is 0.749. The van der Waals surface area contributed by atoms with Crippen LogP contribution in [0.25, 0.3) is 0 Å². The molecule has 0 radical (unpaired) electrons. The average Bonchev–Trinajstić information content (AvgIpc) is 2.95. The molecule has 0 aromatic rings. The van der Waals surface area contributed by atoms with Crippen LogP contribution in [0.15, 0.2) is 12.3 Å². The second kappa shape index (κ2) is 4.13. The van der Waals surface area contributed by atoms with Crippen LogP contribution in [0.2, 0.25) is 0 Å². The lowest BCUT2D eigenvalue weighted by Gasteiger charge is -2.34. The Kier molecular flexibility index (Phi) is 2.71. The molecule has 100 valence electrons. The van der Waals surface area contributed by atoms with Gasteiger partial charge in [-0.2, -0.15) is 0 Å². The molecule has 0 aromatic carbocycles. The van der Waals surface area contributed by atoms with E-state index in [1.807, 2.05) is 6.08 Å². The topological polar surface area (TPSA) is 69.3 Å². The molecule has 1 saturated heterocycles. The van der Waals surface area contributed by atoms with Gasteiger partial charge in [0.1, 0.15) is 5.60 Å². The van der Waals surface area contributed by atoms with Crippen LogP contribution in [0.5, 0.6) is 0 Å². The fraction of sp³-hybridized carbons (Fsp3) is 0.750. The van der Waals surface area contributed by atoms with Gasteiger partial charge >= 0.3 is 6.09 Å². The molecule has 18 heavy (non-hydrogen) atoms. The second-order valence-corrected chi connectivity index (χ2v) is 4.91. The number of hydrogen-bond donors (Lipinski definition) is 1. The van der Waals surface area contributed by atoms with Gasteiger partial charge in [0, 0.05) is 14.2 Å². The lowest BCUT2D eigenvalue weighted by Crippen LogP contribution is -2.44. The third kappa shape index (κ3) is 1.59. The van der Waals surface area contributed by atoms with Gasteiger partial charge in [-0.15, -0.1) is 0 Å². The van der Waals surface area contributed by atoms with Crippen molar-refractivity contribution < 1.29 is 23.7 Å². The molecular weight excluding hydrogens is 238 g/mol. The molecule has 0 unspecified atom stereocenters. The molecule has 6 nitrogen and oxygen atoms in total. The summed E-state index contributed by atoms with van der Waals surface area (Å²) in [5, 5.41) is 2.43. The van der Waals surface area contributed by atoms with Gasteiger partial charge < -0.3 is 24.3 Å². The van der Waals surface area contributed by atoms with Crippen molar-refractivity contribution >= 4 is 6.09 Å². The zero-order valence-electron chi connectivity index (χ0n) is 10.4. The lowest BCUT2D eigenvalue weighted by molar-refractivity contribution is -0.142. The SMILES string of the molecule is CNC(=O)O[C@@H]1OC=C[C@@H]2C[C@@H]3O[C@@]3(COC)[C@H]12. The van der Waals surface area contributed by atoms with Gasteiger partial charge in [0.25, 0.3) is 6.29 Å². The summed E-state index contributed by atoms with van der Waals surface area (Å²) < 4.78 is 21.7. The minimum absolute atomic E-state index is 0.00440. The molecule has 3 aliphatic rings. The number of methoxy groups -OCH3 is 1. The predicted molar refractivity (Wildman–Crippen MR) is 60.6 cm³/mol. The molecular formula is C12H17NO5. The number of fused-ring (bicyclic) bond motifs is 3. The van der Waals surface area contributed by atoms with Crippen molar-refractivity contribution in [3.05, 3.63) is 12.3 Å². The van der Waals surface area contributed by atoms with E-state index in [0.717, 1.165) is 6.42 Å². The molecule has 5 atom stereocenters. The van der Waals surface area contributed by atoms with E-state index in [1.165, 1.54) is 7.05 Å². The maximum absolute atomic E-state index is 11.3. The monoisotopic (exact) mass is 255 g/mol. The summed E-state index contributed by atoms with van der Waals surface area (Å²) in [5.74, 6) is 0.326. The number of epoxide rings is 1. The van der Waals surface area contributed by atoms with Crippen molar-refractivity contribution in [2.45, 2.75) is 24.4 Å². The first-order valence-electron chi connectivity index (χ1n) is 6.08. The fourth-order valence-corrected chi connectivity index (χ4v) is 3.18. The Morgan fingerprint density at radius 1 is 1.61 bits per heavy atom. The Bertz CT molecular complexity index is 385. The van der Waals surface area contributed by atoms with Crippen LogP contribution in [0.4, 0.5) is 4.79 Å². The van der Waals surface area contributed by atoms with Crippen molar-refractivity contribution in [3.63, 3.8) is 0 Å². The molecule has 1 N–H and O–H groups in total. The average molecular weight is 255 g/mol. The van der Waals surface area contributed by atoms with Crippen molar-refractivity contribution in [2.75, 3.05) is 20.8 Å². The number of carbonyl (C=O) groups excluding carboxylic acids is 1. The third-order valence-electron chi connectivity index (χ3n) is 3.99. The molecule has 2 aliphatic heterocycles. The van der Waals surface area contributed by atoms with E-state index in [9.17, 15) is 4.79 Å². The second-order valence-electron chi connectivity index (χ2n) is 4.91. The highest BCUT2D eigenvalue weighted by Gasteiger charge is 2.72. The Labute approximate surface area is 105 Å². The van der Waals surface area contributed by atoms with Crippen LogP contribution < -0.4 is 5.32 Å². The molecule has 6 heteroatoms. The van der Waals surface area contributed by atoms with Crippen LogP contribution in [-0.2, 0) is 18.9 Å². The largest absolute Gasteiger partial charge is 0.462 e. The Morgan fingerprint density at radius 3 is 3.17 bits per heavy atom. The van der Waals surface area contributed by atoms with E-state index in [0.29, 0.717) is 12.5 Å². The van der Waals surface area contributed by atoms with Gasteiger partial charge in [-0.1, -0.05) is 0 Å². The zero-order valence-corrected chi connectivity index (χ0v) is 10.4. The van der Waals surface area contributed by atoms with Crippen LogP contribution in [0.1, 0.15) is 6.42 Å². The normalized spacial score (nSPS) is 43.7. The summed E-state index contributed by atoms with van der Waals surface area (Å²) >= 11 is 0. The van der Waals surface area contributed by atoms with Gasteiger partial charge in [-0.05, 0) is 18.4 Å². The third-order valence-corrected chi connectivity index (χ3v) is 3.99. The molecule has 0 bridgehead atoms. The van der Waals surface area contributed by atoms with Gasteiger partial charge in [0.15, 0.2) is 0 Å². The molecule has 2 fully saturated rings. The Balaban J connectivity index is 1.79. The van der Waals surface area contributed by atoms with Gasteiger partial charge in [0.2, 0.25) is 0 Å². The Morgan fingerprint density at radius 2 is 2.44 bits per heavy atom. The van der Waals surface area contributed by atoms with Crippen molar-refractivity contribution in [2.24, 2.45) is 11.8 Å². The van der Waals surface area contributed by atoms with Crippen LogP contribution >= 0.6 is 0 Å². The minimum Gasteiger partial charge on any atom is -0.462 e. The molecule has 1 saturated carbocycles. The molecule has 1 amide bonds. The maximum Gasteiger partial charge on any atom is 0.409 e. The van der Waals surface area contributed by atoms with E-state index in [2.05, 4.69) is 5.32 Å². The summed E-state index contributed by atoms with van der Waals surface area (Å²) in [6.45, 7) is 0.504. The number of allylic oxidation sites excluding steroid dienone is 1. The van der Waals surface area contributed by atoms with Gasteiger partial charge in [0.05, 0.1) is 24.9 Å². The first-order valence-corrected chi connectivity index (χ1v) is 6.08. The standard InChI is InChI=1S/C12H17NO5/c1-13-11(14)17-10-9-7(3-4-16-10)5-8-12(9,18-8)6-15-2/h3-4,7-10H,5-6H2,1-2H3,(H,13,14)/t7-,8+,9+,10+,12-/m1/s1. The van der Waals surface area contributed by atoms with Crippen molar-refractivity contribution in [1.82, 2.24) is 5.32 Å². The number of nitrogens with one attached hydrogen (secondary N) is 1. The van der Waals surface area contributed by atoms with E-state index in [1.54, 1.807) is 13.4 Å². The molecule has 1 aliphatic carbocycles. The van der Waals surface area contributed by atoms with E-state index >= 15 is 0 Å². The maximum atomic E-state index is 11.3. The number of carbonyl (C=O) groups is 1. The van der Waals surface area contributed by atoms with Crippen LogP contribution in [0.3, 0.4) is 0 Å². The van der Waals surface area contributed by atoms with E-state index in [-0.39, 0.29) is 17.6 Å². The smallest absolute Gasteiger partial charge is 0.409 e. The van der Waals surface area contributed by atoms with E-state index in [4.69, 9.17) is 18.9 Å². The zero-order chi connectivity index (χ0) is 12.8. The number of alkyl carbamates (subject to hydrolysis) is 1. The van der Waals surface area contributed by atoms with Gasteiger partial charge in [-0.3, -0.25) is 0 Å². The van der Waals surface area contributed by atoms with Crippen molar-refractivity contribution in [1.29, 1.82) is 0 Å². The van der Waals surface area contributed by atoms with Crippen LogP contribution in [0, 0.1) is 11.8 Å². The molecule has 0 spiro atoms. The molecule has 3 rings (SSSR count). The lowest BCUT2D eigenvalue weighted by atomic mass is 9.86. The first kappa shape index (κ1) is 11.8. The first-order chi connectivity index (χ1) is 8.71. The summed E-state index contributed by atoms with van der Waals surface area (Å²) in [6, 6.07) is 0. The Hall–Kier alpha value is -1.27. The molecule has 2 heterocycles. The number of rotatable bonds is 3. The fourth-order valence-electron chi connectivity index (χ4n) is 3.18. The minimum atomic E-state index is -0.609. The predicted octanol–water partition coefficient (Wildman–Crippen LogP) is 0.632.